The average molecular weight is 441 g/mol. The van der Waals surface area contributed by atoms with Gasteiger partial charge in [-0.3, -0.25) is 9.59 Å². The number of anilines is 1. The Hall–Kier alpha value is -3.56. The summed E-state index contributed by atoms with van der Waals surface area (Å²) in [4.78, 5) is 23.6. The molecule has 3 N–H and O–H groups in total. The maximum atomic E-state index is 13.3. The predicted molar refractivity (Wildman–Crippen MR) is 114 cm³/mol. The van der Waals surface area contributed by atoms with Gasteiger partial charge >= 0.3 is 0 Å². The van der Waals surface area contributed by atoms with Gasteiger partial charge in [0.2, 0.25) is 21.8 Å². The van der Waals surface area contributed by atoms with E-state index in [1.807, 2.05) is 0 Å². The molecule has 160 valence electrons. The van der Waals surface area contributed by atoms with Crippen LogP contribution in [0.3, 0.4) is 0 Å². The lowest BCUT2D eigenvalue weighted by molar-refractivity contribution is -0.116. The van der Waals surface area contributed by atoms with Crippen molar-refractivity contribution in [3.8, 4) is 0 Å². The monoisotopic (exact) mass is 441 g/mol. The second-order valence-corrected chi connectivity index (χ2v) is 8.64. The maximum Gasteiger partial charge on any atom is 0.248 e. The predicted octanol–water partition coefficient (Wildman–Crippen LogP) is 2.75. The van der Waals surface area contributed by atoms with Crippen LogP contribution in [0.2, 0.25) is 0 Å². The molecule has 0 heterocycles. The van der Waals surface area contributed by atoms with Gasteiger partial charge in [-0.05, 0) is 54.1 Å². The summed E-state index contributed by atoms with van der Waals surface area (Å²) in [5, 5.41) is 2.60. The molecule has 0 unspecified atom stereocenters. The molecule has 0 aliphatic heterocycles. The van der Waals surface area contributed by atoms with Crippen molar-refractivity contribution < 1.29 is 22.4 Å². The SMILES string of the molecule is NC(=O)c1ccc(NC(=O)CN(Cc2ccccc2)S(=O)(=O)c2ccc(F)cc2)cc1. The molecule has 0 saturated carbocycles. The van der Waals surface area contributed by atoms with Crippen LogP contribution in [0.4, 0.5) is 10.1 Å². The molecule has 7 nitrogen and oxygen atoms in total. The van der Waals surface area contributed by atoms with Crippen LogP contribution in [0.1, 0.15) is 15.9 Å². The number of carbonyl (C=O) groups is 2. The highest BCUT2D eigenvalue weighted by molar-refractivity contribution is 7.89. The fourth-order valence-corrected chi connectivity index (χ4v) is 4.23. The summed E-state index contributed by atoms with van der Waals surface area (Å²) in [7, 11) is -4.08. The topological polar surface area (TPSA) is 110 Å². The van der Waals surface area contributed by atoms with Crippen molar-refractivity contribution >= 4 is 27.5 Å². The highest BCUT2D eigenvalue weighted by atomic mass is 32.2. The van der Waals surface area contributed by atoms with Gasteiger partial charge in [-0.15, -0.1) is 0 Å². The number of nitrogens with one attached hydrogen (secondary N) is 1. The first kappa shape index (κ1) is 22.1. The molecule has 3 aromatic carbocycles. The zero-order valence-electron chi connectivity index (χ0n) is 16.4. The average Bonchev–Trinajstić information content (AvgIpc) is 2.74. The van der Waals surface area contributed by atoms with Gasteiger partial charge in [0.25, 0.3) is 0 Å². The third-order valence-corrected chi connectivity index (χ3v) is 6.23. The number of benzene rings is 3. The number of hydrogen-bond donors (Lipinski definition) is 2. The van der Waals surface area contributed by atoms with Crippen molar-refractivity contribution in [2.75, 3.05) is 11.9 Å². The van der Waals surface area contributed by atoms with Gasteiger partial charge in [0.05, 0.1) is 11.4 Å². The summed E-state index contributed by atoms with van der Waals surface area (Å²) in [6.45, 7) is -0.513. The van der Waals surface area contributed by atoms with E-state index in [1.165, 1.54) is 24.3 Å². The molecule has 31 heavy (non-hydrogen) atoms. The molecular weight excluding hydrogens is 421 g/mol. The van der Waals surface area contributed by atoms with E-state index in [0.717, 1.165) is 28.6 Å². The number of sulfonamides is 1. The second kappa shape index (κ2) is 9.50. The van der Waals surface area contributed by atoms with E-state index in [9.17, 15) is 22.4 Å². The number of hydrogen-bond acceptors (Lipinski definition) is 4. The zero-order valence-corrected chi connectivity index (χ0v) is 17.2. The molecule has 0 saturated heterocycles. The minimum absolute atomic E-state index is 0.0470. The Morgan fingerprint density at radius 3 is 2.10 bits per heavy atom. The van der Waals surface area contributed by atoms with Crippen LogP contribution in [0.15, 0.2) is 83.8 Å². The quantitative estimate of drug-likeness (QED) is 0.560. The first-order valence-electron chi connectivity index (χ1n) is 9.25. The first-order valence-corrected chi connectivity index (χ1v) is 10.7. The van der Waals surface area contributed by atoms with E-state index in [-0.39, 0.29) is 17.0 Å². The smallest absolute Gasteiger partial charge is 0.248 e. The summed E-state index contributed by atoms with van der Waals surface area (Å²) in [5.74, 6) is -1.74. The van der Waals surface area contributed by atoms with Crippen LogP contribution < -0.4 is 11.1 Å². The van der Waals surface area contributed by atoms with Crippen LogP contribution in [-0.2, 0) is 21.4 Å². The lowest BCUT2D eigenvalue weighted by Crippen LogP contribution is -2.37. The molecule has 2 amide bonds. The number of primary amides is 1. The van der Waals surface area contributed by atoms with Gasteiger partial charge in [-0.2, -0.15) is 4.31 Å². The van der Waals surface area contributed by atoms with E-state index in [2.05, 4.69) is 5.32 Å². The lowest BCUT2D eigenvalue weighted by atomic mass is 10.2. The summed E-state index contributed by atoms with van der Waals surface area (Å²) >= 11 is 0. The van der Waals surface area contributed by atoms with Crippen molar-refractivity contribution in [2.45, 2.75) is 11.4 Å². The molecule has 0 aromatic heterocycles. The molecule has 0 aliphatic carbocycles. The van der Waals surface area contributed by atoms with Crippen LogP contribution >= 0.6 is 0 Å². The lowest BCUT2D eigenvalue weighted by Gasteiger charge is -2.22. The van der Waals surface area contributed by atoms with Gasteiger partial charge in [0, 0.05) is 17.8 Å². The number of amides is 2. The Balaban J connectivity index is 1.82. The van der Waals surface area contributed by atoms with Gasteiger partial charge in [0.15, 0.2) is 0 Å². The van der Waals surface area contributed by atoms with E-state index in [0.29, 0.717) is 11.3 Å². The molecule has 3 rings (SSSR count). The Morgan fingerprint density at radius 2 is 1.52 bits per heavy atom. The summed E-state index contributed by atoms with van der Waals surface area (Å²) < 4.78 is 40.5. The summed E-state index contributed by atoms with van der Waals surface area (Å²) in [5.41, 5.74) is 6.54. The minimum atomic E-state index is -4.08. The number of nitrogens with two attached hydrogens (primary N) is 1. The van der Waals surface area contributed by atoms with Crippen molar-refractivity contribution in [1.29, 1.82) is 0 Å². The number of rotatable bonds is 8. The van der Waals surface area contributed by atoms with Crippen molar-refractivity contribution in [3.63, 3.8) is 0 Å². The largest absolute Gasteiger partial charge is 0.366 e. The van der Waals surface area contributed by atoms with Crippen molar-refractivity contribution in [3.05, 3.63) is 95.8 Å². The zero-order chi connectivity index (χ0) is 22.4. The second-order valence-electron chi connectivity index (χ2n) is 6.70. The third kappa shape index (κ3) is 5.74. The fourth-order valence-electron chi connectivity index (χ4n) is 2.85. The highest BCUT2D eigenvalue weighted by Gasteiger charge is 2.27. The molecule has 0 aliphatic rings. The van der Waals surface area contributed by atoms with E-state index >= 15 is 0 Å². The molecule has 0 radical (unpaired) electrons. The highest BCUT2D eigenvalue weighted by Crippen LogP contribution is 2.19. The number of nitrogens with zero attached hydrogens (tertiary/aromatic N) is 1. The van der Waals surface area contributed by atoms with Gasteiger partial charge in [-0.1, -0.05) is 30.3 Å². The Morgan fingerprint density at radius 1 is 0.903 bits per heavy atom. The van der Waals surface area contributed by atoms with E-state index in [1.54, 1.807) is 30.3 Å². The Bertz CT molecular complexity index is 1170. The van der Waals surface area contributed by atoms with Gasteiger partial charge in [-0.25, -0.2) is 12.8 Å². The molecule has 0 atom stereocenters. The van der Waals surface area contributed by atoms with Crippen LogP contribution in [0, 0.1) is 5.82 Å². The normalized spacial score (nSPS) is 11.3. The van der Waals surface area contributed by atoms with Gasteiger partial charge < -0.3 is 11.1 Å². The van der Waals surface area contributed by atoms with Crippen LogP contribution in [0.5, 0.6) is 0 Å². The maximum absolute atomic E-state index is 13.3. The van der Waals surface area contributed by atoms with Crippen molar-refractivity contribution in [2.24, 2.45) is 5.73 Å². The van der Waals surface area contributed by atoms with Crippen LogP contribution in [-0.4, -0.2) is 31.1 Å². The van der Waals surface area contributed by atoms with Gasteiger partial charge in [0.1, 0.15) is 5.82 Å². The molecule has 0 fully saturated rings. The van der Waals surface area contributed by atoms with Crippen molar-refractivity contribution in [1.82, 2.24) is 4.31 Å². The Labute approximate surface area is 179 Å². The molecule has 0 spiro atoms. The Kier molecular flexibility index (Phi) is 6.78. The molecule has 3 aromatic rings. The summed E-state index contributed by atoms with van der Waals surface area (Å²) in [6.07, 6.45) is 0. The third-order valence-electron chi connectivity index (χ3n) is 4.43. The van der Waals surface area contributed by atoms with E-state index in [4.69, 9.17) is 5.73 Å². The van der Waals surface area contributed by atoms with E-state index < -0.39 is 34.2 Å². The standard InChI is InChI=1S/C22H20FN3O4S/c23-18-8-12-20(13-9-18)31(29,30)26(14-16-4-2-1-3-5-16)15-21(27)25-19-10-6-17(7-11-19)22(24)28/h1-13H,14-15H2,(H2,24,28)(H,25,27). The minimum Gasteiger partial charge on any atom is -0.366 e. The molecule has 9 heteroatoms. The number of halogens is 1. The fraction of sp³-hybridized carbons (Fsp3) is 0.0909. The summed E-state index contributed by atoms with van der Waals surface area (Å²) in [6, 6.07) is 19.1. The molecular formula is C22H20FN3O4S. The molecule has 0 bridgehead atoms. The van der Waals surface area contributed by atoms with Crippen LogP contribution in [0.25, 0.3) is 0 Å². The first-order chi connectivity index (χ1) is 14.8. The number of carbonyl (C=O) groups excluding carboxylic acids is 2.